The van der Waals surface area contributed by atoms with Gasteiger partial charge in [-0.05, 0) is 55.5 Å². The lowest BCUT2D eigenvalue weighted by Crippen LogP contribution is -2.02. The molecule has 0 saturated carbocycles. The summed E-state index contributed by atoms with van der Waals surface area (Å²) in [6.07, 6.45) is 1.48. The van der Waals surface area contributed by atoms with Gasteiger partial charge in [0.25, 0.3) is 0 Å². The molecule has 2 N–H and O–H groups in total. The van der Waals surface area contributed by atoms with Crippen molar-refractivity contribution in [2.45, 2.75) is 16.7 Å². The highest BCUT2D eigenvalue weighted by molar-refractivity contribution is 7.91. The second-order valence-corrected chi connectivity index (χ2v) is 7.42. The van der Waals surface area contributed by atoms with Crippen molar-refractivity contribution in [2.24, 2.45) is 0 Å². The van der Waals surface area contributed by atoms with E-state index in [0.29, 0.717) is 5.82 Å². The van der Waals surface area contributed by atoms with Gasteiger partial charge in [-0.3, -0.25) is 0 Å². The van der Waals surface area contributed by atoms with Crippen molar-refractivity contribution in [3.8, 4) is 0 Å². The Labute approximate surface area is 146 Å². The number of benzene rings is 2. The number of hydrogen-bond acceptors (Lipinski definition) is 6. The number of rotatable bonds is 5. The summed E-state index contributed by atoms with van der Waals surface area (Å²) in [5.74, 6) is 0.658. The fourth-order valence-corrected chi connectivity index (χ4v) is 3.59. The molecule has 0 fully saturated rings. The number of sulfone groups is 1. The molecule has 0 atom stereocenters. The normalized spacial score (nSPS) is 11.1. The van der Waals surface area contributed by atoms with Gasteiger partial charge in [-0.2, -0.15) is 0 Å². The number of nitrogens with zero attached hydrogens (tertiary/aromatic N) is 2. The van der Waals surface area contributed by atoms with Gasteiger partial charge < -0.3 is 10.6 Å². The lowest BCUT2D eigenvalue weighted by atomic mass is 10.3. The summed E-state index contributed by atoms with van der Waals surface area (Å²) in [6, 6.07) is 15.1. The average Bonchev–Trinajstić information content (AvgIpc) is 2.62. The highest BCUT2D eigenvalue weighted by Crippen LogP contribution is 2.24. The van der Waals surface area contributed by atoms with Crippen LogP contribution in [0, 0.1) is 6.92 Å². The highest BCUT2D eigenvalue weighted by Gasteiger charge is 2.17. The Morgan fingerprint density at radius 1 is 0.840 bits per heavy atom. The van der Waals surface area contributed by atoms with Crippen molar-refractivity contribution < 1.29 is 8.42 Å². The Balaban J connectivity index is 1.83. The molecule has 0 aliphatic carbocycles. The molecule has 0 radical (unpaired) electrons. The summed E-state index contributed by atoms with van der Waals surface area (Å²) in [4.78, 5) is 8.67. The van der Waals surface area contributed by atoms with Crippen molar-refractivity contribution in [3.63, 3.8) is 0 Å². The Bertz CT molecular complexity index is 969. The maximum atomic E-state index is 12.7. The summed E-state index contributed by atoms with van der Waals surface area (Å²) in [6.45, 7) is 1.88. The van der Waals surface area contributed by atoms with Gasteiger partial charge in [-0.1, -0.05) is 0 Å². The maximum Gasteiger partial charge on any atom is 0.206 e. The number of anilines is 3. The molecule has 0 amide bonds. The minimum atomic E-state index is -3.54. The lowest BCUT2D eigenvalue weighted by molar-refractivity contribution is 0.596. The fourth-order valence-electron chi connectivity index (χ4n) is 2.33. The Morgan fingerprint density at radius 3 is 1.92 bits per heavy atom. The molecular formula is C18H18N4O2S. The van der Waals surface area contributed by atoms with Crippen molar-refractivity contribution in [2.75, 3.05) is 17.7 Å². The van der Waals surface area contributed by atoms with Crippen LogP contribution in [0.3, 0.4) is 0 Å². The molecule has 25 heavy (non-hydrogen) atoms. The summed E-state index contributed by atoms with van der Waals surface area (Å²) >= 11 is 0. The van der Waals surface area contributed by atoms with Crippen molar-refractivity contribution in [1.29, 1.82) is 0 Å². The second kappa shape index (κ2) is 6.90. The summed E-state index contributed by atoms with van der Waals surface area (Å²) in [7, 11) is -1.76. The van der Waals surface area contributed by atoms with E-state index in [4.69, 9.17) is 0 Å². The van der Waals surface area contributed by atoms with Crippen LogP contribution in [0.2, 0.25) is 0 Å². The van der Waals surface area contributed by atoms with E-state index in [1.54, 1.807) is 55.6 Å². The standard InChI is InChI=1S/C18H18N4O2S/c1-13-11-18(21-12-20-13)22-15-5-9-17(10-6-15)25(23,24)16-7-3-14(19-2)4-8-16/h3-12,19H,1-2H3,(H,20,21,22). The van der Waals surface area contributed by atoms with Crippen LogP contribution in [0.15, 0.2) is 70.7 Å². The van der Waals surface area contributed by atoms with Crippen LogP contribution in [-0.2, 0) is 9.84 Å². The predicted molar refractivity (Wildman–Crippen MR) is 97.9 cm³/mol. The number of aromatic nitrogens is 2. The third-order valence-corrected chi connectivity index (χ3v) is 5.48. The molecule has 0 aliphatic rings. The SMILES string of the molecule is CNc1ccc(S(=O)(=O)c2ccc(Nc3cc(C)ncn3)cc2)cc1. The van der Waals surface area contributed by atoms with Crippen LogP contribution < -0.4 is 10.6 Å². The van der Waals surface area contributed by atoms with E-state index in [-0.39, 0.29) is 9.79 Å². The number of hydrogen-bond donors (Lipinski definition) is 2. The van der Waals surface area contributed by atoms with E-state index in [0.717, 1.165) is 17.1 Å². The van der Waals surface area contributed by atoms with Crippen LogP contribution in [0.1, 0.15) is 5.69 Å². The Hall–Kier alpha value is -2.93. The zero-order valence-electron chi connectivity index (χ0n) is 13.9. The maximum absolute atomic E-state index is 12.7. The molecule has 0 bridgehead atoms. The highest BCUT2D eigenvalue weighted by atomic mass is 32.2. The summed E-state index contributed by atoms with van der Waals surface area (Å²) in [5, 5.41) is 6.09. The fraction of sp³-hybridized carbons (Fsp3) is 0.111. The quantitative estimate of drug-likeness (QED) is 0.730. The van der Waals surface area contributed by atoms with Crippen molar-refractivity contribution >= 4 is 27.0 Å². The summed E-state index contributed by atoms with van der Waals surface area (Å²) < 4.78 is 25.4. The van der Waals surface area contributed by atoms with Gasteiger partial charge in [-0.15, -0.1) is 0 Å². The van der Waals surface area contributed by atoms with Crippen molar-refractivity contribution in [1.82, 2.24) is 9.97 Å². The molecule has 128 valence electrons. The minimum Gasteiger partial charge on any atom is -0.388 e. The van der Waals surface area contributed by atoms with Gasteiger partial charge >= 0.3 is 0 Å². The number of aryl methyl sites for hydroxylation is 1. The first kappa shape index (κ1) is 16.9. The topological polar surface area (TPSA) is 84.0 Å². The third kappa shape index (κ3) is 3.77. The van der Waals surface area contributed by atoms with Gasteiger partial charge in [0.15, 0.2) is 0 Å². The van der Waals surface area contributed by atoms with Crippen LogP contribution in [0.4, 0.5) is 17.2 Å². The molecule has 3 rings (SSSR count). The molecule has 0 spiro atoms. The van der Waals surface area contributed by atoms with Crippen LogP contribution in [0.25, 0.3) is 0 Å². The monoisotopic (exact) mass is 354 g/mol. The molecule has 3 aromatic rings. The van der Waals surface area contributed by atoms with E-state index < -0.39 is 9.84 Å². The molecular weight excluding hydrogens is 336 g/mol. The molecule has 0 saturated heterocycles. The average molecular weight is 354 g/mol. The largest absolute Gasteiger partial charge is 0.388 e. The zero-order chi connectivity index (χ0) is 17.9. The van der Waals surface area contributed by atoms with E-state index in [2.05, 4.69) is 20.6 Å². The van der Waals surface area contributed by atoms with Crippen LogP contribution >= 0.6 is 0 Å². The van der Waals surface area contributed by atoms with Crippen LogP contribution in [-0.4, -0.2) is 25.4 Å². The molecule has 2 aromatic carbocycles. The third-order valence-electron chi connectivity index (χ3n) is 3.69. The Kier molecular flexibility index (Phi) is 4.67. The van der Waals surface area contributed by atoms with E-state index in [1.807, 2.05) is 13.0 Å². The second-order valence-electron chi connectivity index (χ2n) is 5.47. The smallest absolute Gasteiger partial charge is 0.206 e. The van der Waals surface area contributed by atoms with Gasteiger partial charge in [0.1, 0.15) is 12.1 Å². The number of nitrogens with one attached hydrogen (secondary N) is 2. The molecule has 1 aromatic heterocycles. The Morgan fingerprint density at radius 2 is 1.40 bits per heavy atom. The minimum absolute atomic E-state index is 0.245. The van der Waals surface area contributed by atoms with Crippen LogP contribution in [0.5, 0.6) is 0 Å². The molecule has 0 unspecified atom stereocenters. The van der Waals surface area contributed by atoms with Gasteiger partial charge in [0, 0.05) is 30.2 Å². The van der Waals surface area contributed by atoms with Gasteiger partial charge in [0.05, 0.1) is 9.79 Å². The molecule has 6 nitrogen and oxygen atoms in total. The first-order valence-corrected chi connectivity index (χ1v) is 9.16. The van der Waals surface area contributed by atoms with Crippen molar-refractivity contribution in [3.05, 3.63) is 66.6 Å². The molecule has 1 heterocycles. The zero-order valence-corrected chi connectivity index (χ0v) is 14.7. The lowest BCUT2D eigenvalue weighted by Gasteiger charge is -2.09. The molecule has 7 heteroatoms. The molecule has 0 aliphatic heterocycles. The van der Waals surface area contributed by atoms with Gasteiger partial charge in [-0.25, -0.2) is 18.4 Å². The van der Waals surface area contributed by atoms with E-state index in [9.17, 15) is 8.42 Å². The predicted octanol–water partition coefficient (Wildman–Crippen LogP) is 3.40. The summed E-state index contributed by atoms with van der Waals surface area (Å²) in [5.41, 5.74) is 2.46. The first-order chi connectivity index (χ1) is 12.0. The van der Waals surface area contributed by atoms with E-state index in [1.165, 1.54) is 6.33 Å². The first-order valence-electron chi connectivity index (χ1n) is 7.68. The van der Waals surface area contributed by atoms with Gasteiger partial charge in [0.2, 0.25) is 9.84 Å². The van der Waals surface area contributed by atoms with E-state index >= 15 is 0 Å².